The number of nitrogens with one attached hydrogen (secondary N) is 1. The summed E-state index contributed by atoms with van der Waals surface area (Å²) in [6, 6.07) is 18.8. The van der Waals surface area contributed by atoms with Gasteiger partial charge in [-0.2, -0.15) is 0 Å². The zero-order valence-corrected chi connectivity index (χ0v) is 17.8. The zero-order valence-electron chi connectivity index (χ0n) is 17.8. The van der Waals surface area contributed by atoms with E-state index in [0.29, 0.717) is 6.42 Å². The molecule has 0 saturated carbocycles. The highest BCUT2D eigenvalue weighted by Crippen LogP contribution is 2.17. The van der Waals surface area contributed by atoms with Crippen molar-refractivity contribution in [2.75, 3.05) is 0 Å². The van der Waals surface area contributed by atoms with Crippen LogP contribution in [-0.2, 0) is 22.5 Å². The smallest absolute Gasteiger partial charge is 0.407 e. The number of rotatable bonds is 11. The SMILES string of the molecule is C=C[C@H](C)C(NC(=O)OCc1ccccc1)C(CC=CCc1ccccc1)OC(N)=O. The lowest BCUT2D eigenvalue weighted by Gasteiger charge is -2.29. The van der Waals surface area contributed by atoms with Gasteiger partial charge >= 0.3 is 12.2 Å². The van der Waals surface area contributed by atoms with E-state index in [1.54, 1.807) is 6.08 Å². The number of hydrogen-bond donors (Lipinski definition) is 2. The number of carbonyl (C=O) groups is 2. The Morgan fingerprint density at radius 2 is 1.65 bits per heavy atom. The van der Waals surface area contributed by atoms with Crippen molar-refractivity contribution in [3.8, 4) is 0 Å². The number of alkyl carbamates (subject to hydrolysis) is 1. The van der Waals surface area contributed by atoms with Gasteiger partial charge in [0.25, 0.3) is 0 Å². The lowest BCUT2D eigenvalue weighted by atomic mass is 9.94. The van der Waals surface area contributed by atoms with Crippen LogP contribution in [0.5, 0.6) is 0 Å². The quantitative estimate of drug-likeness (QED) is 0.511. The Labute approximate surface area is 183 Å². The Morgan fingerprint density at radius 3 is 2.23 bits per heavy atom. The van der Waals surface area contributed by atoms with Crippen LogP contribution < -0.4 is 11.1 Å². The molecule has 2 aromatic rings. The van der Waals surface area contributed by atoms with Gasteiger partial charge in [-0.05, 0) is 23.5 Å². The second kappa shape index (κ2) is 12.9. The Bertz CT molecular complexity index is 852. The molecular weight excluding hydrogens is 392 g/mol. The van der Waals surface area contributed by atoms with Crippen LogP contribution in [0.15, 0.2) is 85.5 Å². The van der Waals surface area contributed by atoms with Crippen molar-refractivity contribution < 1.29 is 19.1 Å². The summed E-state index contributed by atoms with van der Waals surface area (Å²) in [6.45, 7) is 5.81. The van der Waals surface area contributed by atoms with Crippen molar-refractivity contribution in [3.05, 3.63) is 96.6 Å². The minimum atomic E-state index is -0.901. The van der Waals surface area contributed by atoms with Gasteiger partial charge in [0.15, 0.2) is 0 Å². The third-order valence-corrected chi connectivity index (χ3v) is 4.84. The van der Waals surface area contributed by atoms with Crippen LogP contribution in [0.4, 0.5) is 9.59 Å². The molecule has 164 valence electrons. The number of ether oxygens (including phenoxy) is 2. The maximum atomic E-state index is 12.4. The van der Waals surface area contributed by atoms with E-state index in [0.717, 1.165) is 12.0 Å². The fraction of sp³-hybridized carbons (Fsp3) is 0.280. The fourth-order valence-electron chi connectivity index (χ4n) is 3.09. The maximum Gasteiger partial charge on any atom is 0.407 e. The van der Waals surface area contributed by atoms with Crippen molar-refractivity contribution in [2.24, 2.45) is 11.7 Å². The van der Waals surface area contributed by atoms with Gasteiger partial charge in [-0.15, -0.1) is 6.58 Å². The molecule has 2 amide bonds. The highest BCUT2D eigenvalue weighted by atomic mass is 16.6. The lowest BCUT2D eigenvalue weighted by molar-refractivity contribution is 0.0661. The topological polar surface area (TPSA) is 90.7 Å². The second-order valence-corrected chi connectivity index (χ2v) is 7.20. The van der Waals surface area contributed by atoms with Gasteiger partial charge in [0, 0.05) is 6.42 Å². The molecule has 3 atom stereocenters. The van der Waals surface area contributed by atoms with Crippen LogP contribution in [0.2, 0.25) is 0 Å². The largest absolute Gasteiger partial charge is 0.445 e. The predicted octanol–water partition coefficient (Wildman–Crippen LogP) is 4.76. The van der Waals surface area contributed by atoms with Crippen LogP contribution in [0.3, 0.4) is 0 Å². The summed E-state index contributed by atoms with van der Waals surface area (Å²) in [4.78, 5) is 23.9. The third-order valence-electron chi connectivity index (χ3n) is 4.84. The third kappa shape index (κ3) is 8.78. The first-order chi connectivity index (χ1) is 15.0. The number of benzene rings is 2. The van der Waals surface area contributed by atoms with Crippen LogP contribution in [0, 0.1) is 5.92 Å². The normalized spacial score (nSPS) is 13.7. The second-order valence-electron chi connectivity index (χ2n) is 7.20. The van der Waals surface area contributed by atoms with Crippen molar-refractivity contribution in [2.45, 2.75) is 38.5 Å². The molecule has 0 aliphatic heterocycles. The average molecular weight is 423 g/mol. The molecular formula is C25H30N2O4. The fourth-order valence-corrected chi connectivity index (χ4v) is 3.09. The first-order valence-corrected chi connectivity index (χ1v) is 10.2. The van der Waals surface area contributed by atoms with E-state index >= 15 is 0 Å². The molecule has 0 heterocycles. The van der Waals surface area contributed by atoms with Gasteiger partial charge in [-0.25, -0.2) is 9.59 Å². The summed E-state index contributed by atoms with van der Waals surface area (Å²) in [6.07, 6.45) is 4.57. The summed E-state index contributed by atoms with van der Waals surface area (Å²) in [5.41, 5.74) is 7.32. The predicted molar refractivity (Wildman–Crippen MR) is 121 cm³/mol. The van der Waals surface area contributed by atoms with Gasteiger partial charge in [-0.3, -0.25) is 0 Å². The summed E-state index contributed by atoms with van der Waals surface area (Å²) in [5.74, 6) is -0.184. The van der Waals surface area contributed by atoms with Gasteiger partial charge in [0.05, 0.1) is 6.04 Å². The Balaban J connectivity index is 2.01. The molecule has 6 heteroatoms. The molecule has 3 N–H and O–H groups in total. The molecule has 2 rings (SSSR count). The first-order valence-electron chi connectivity index (χ1n) is 10.2. The van der Waals surface area contributed by atoms with Crippen LogP contribution in [0.1, 0.15) is 24.5 Å². The standard InChI is InChI=1S/C25H30N2O4/c1-3-19(2)23(27-25(29)30-18-21-15-8-5-9-16-21)22(31-24(26)28)17-11-10-14-20-12-6-4-7-13-20/h3-13,15-16,19,22-23H,1,14,17-18H2,2H3,(H2,26,28)(H,27,29)/t19-,22?,23?/m0/s1. The van der Waals surface area contributed by atoms with E-state index in [4.69, 9.17) is 15.2 Å². The van der Waals surface area contributed by atoms with Crippen molar-refractivity contribution >= 4 is 12.2 Å². The number of nitrogens with two attached hydrogens (primary N) is 1. The van der Waals surface area contributed by atoms with E-state index in [1.807, 2.05) is 79.7 Å². The zero-order chi connectivity index (χ0) is 22.5. The summed E-state index contributed by atoms with van der Waals surface area (Å²) >= 11 is 0. The molecule has 2 aromatic carbocycles. The van der Waals surface area contributed by atoms with E-state index in [1.165, 1.54) is 5.56 Å². The van der Waals surface area contributed by atoms with Crippen molar-refractivity contribution in [1.29, 1.82) is 0 Å². The Kier molecular flexibility index (Phi) is 9.88. The molecule has 0 aliphatic carbocycles. The average Bonchev–Trinajstić information content (AvgIpc) is 2.79. The molecule has 0 aliphatic rings. The van der Waals surface area contributed by atoms with Crippen LogP contribution in [0.25, 0.3) is 0 Å². The van der Waals surface area contributed by atoms with E-state index < -0.39 is 24.3 Å². The molecule has 2 unspecified atom stereocenters. The summed E-state index contributed by atoms with van der Waals surface area (Å²) in [5, 5.41) is 2.80. The van der Waals surface area contributed by atoms with Gasteiger partial charge in [0.2, 0.25) is 0 Å². The minimum absolute atomic E-state index is 0.139. The minimum Gasteiger partial charge on any atom is -0.445 e. The van der Waals surface area contributed by atoms with Crippen LogP contribution in [-0.4, -0.2) is 24.3 Å². The summed E-state index contributed by atoms with van der Waals surface area (Å²) in [7, 11) is 0. The molecule has 0 aromatic heterocycles. The van der Waals surface area contributed by atoms with Crippen molar-refractivity contribution in [3.63, 3.8) is 0 Å². The first kappa shape index (κ1) is 23.7. The Hall–Kier alpha value is -3.54. The number of primary amides is 1. The molecule has 6 nitrogen and oxygen atoms in total. The number of amides is 2. The Morgan fingerprint density at radius 1 is 1.03 bits per heavy atom. The number of allylic oxidation sites excluding steroid dienone is 1. The molecule has 0 bridgehead atoms. The van der Waals surface area contributed by atoms with Gasteiger partial charge in [-0.1, -0.05) is 85.8 Å². The number of carbonyl (C=O) groups excluding carboxylic acids is 2. The van der Waals surface area contributed by atoms with Gasteiger partial charge in [0.1, 0.15) is 12.7 Å². The molecule has 0 fully saturated rings. The van der Waals surface area contributed by atoms with Crippen molar-refractivity contribution in [1.82, 2.24) is 5.32 Å². The number of hydrogen-bond acceptors (Lipinski definition) is 4. The van der Waals surface area contributed by atoms with E-state index in [2.05, 4.69) is 11.9 Å². The molecule has 0 saturated heterocycles. The van der Waals surface area contributed by atoms with Crippen LogP contribution >= 0.6 is 0 Å². The molecule has 31 heavy (non-hydrogen) atoms. The summed E-state index contributed by atoms with van der Waals surface area (Å²) < 4.78 is 10.6. The van der Waals surface area contributed by atoms with Gasteiger partial charge < -0.3 is 20.5 Å². The lowest BCUT2D eigenvalue weighted by Crippen LogP contribution is -2.49. The maximum absolute atomic E-state index is 12.4. The van der Waals surface area contributed by atoms with E-state index in [9.17, 15) is 9.59 Å². The molecule has 0 spiro atoms. The highest BCUT2D eigenvalue weighted by molar-refractivity contribution is 5.68. The van der Waals surface area contributed by atoms with E-state index in [-0.39, 0.29) is 12.5 Å². The highest BCUT2D eigenvalue weighted by Gasteiger charge is 2.29. The monoisotopic (exact) mass is 422 g/mol. The molecule has 0 radical (unpaired) electrons.